The highest BCUT2D eigenvalue weighted by Gasteiger charge is 2.45. The number of carbonyl (C=O) groups is 4. The Labute approximate surface area is 325 Å². The molecule has 55 heavy (non-hydrogen) atoms. The monoisotopic (exact) mass is 814 g/mol. The van der Waals surface area contributed by atoms with Crippen LogP contribution in [0.3, 0.4) is 0 Å². The van der Waals surface area contributed by atoms with Crippen LogP contribution < -0.4 is 15.8 Å². The standard InChI is InChI=1S/C36H46N8O8S3/c1-3-16-36(32(47)33-38-17-22-53-33,40-35(37)41-55(51,52)28-14-12-26(2)13-15-28)39-30(45)24-43-20-21-44(54(49,50)25-27-10-6-4-7-11-27)29(34(43)48)23-31(46)42-18-8-5-9-19-42/h4,6-7,10-15,17,22,29H,3,5,8-9,16,18-21,23-25H2,1-2H3,(H,39,45)(H3,37,40,41)/t29-,36-/m1/s1. The smallest absolute Gasteiger partial charge is 0.264 e. The maximum Gasteiger partial charge on any atom is 0.264 e. The van der Waals surface area contributed by atoms with Crippen LogP contribution in [-0.4, -0.2) is 110 Å². The Bertz CT molecular complexity index is 2090. The normalized spacial score (nSPS) is 18.4. The average Bonchev–Trinajstić information content (AvgIpc) is 3.68. The molecule has 2 aliphatic heterocycles. The number of likely N-dealkylation sites (tertiary alicyclic amines) is 1. The molecule has 0 spiro atoms. The molecular weight excluding hydrogens is 769 g/mol. The molecule has 0 aliphatic carbocycles. The fourth-order valence-corrected chi connectivity index (χ4v) is 9.90. The summed E-state index contributed by atoms with van der Waals surface area (Å²) in [7, 11) is -8.34. The fourth-order valence-electron chi connectivity index (χ4n) is 6.63. The topological polar surface area (TPSA) is 222 Å². The van der Waals surface area contributed by atoms with E-state index in [2.05, 4.69) is 20.0 Å². The number of aromatic nitrogens is 1. The van der Waals surface area contributed by atoms with Gasteiger partial charge in [-0.15, -0.1) is 11.3 Å². The van der Waals surface area contributed by atoms with Gasteiger partial charge in [-0.25, -0.2) is 31.5 Å². The van der Waals surface area contributed by atoms with Gasteiger partial charge in [-0.3, -0.25) is 19.2 Å². The van der Waals surface area contributed by atoms with Gasteiger partial charge in [-0.05, 0) is 50.3 Å². The van der Waals surface area contributed by atoms with Crippen molar-refractivity contribution in [2.45, 2.75) is 74.7 Å². The Balaban J connectivity index is 1.41. The Morgan fingerprint density at radius 2 is 1.67 bits per heavy atom. The Kier molecular flexibility index (Phi) is 13.4. The molecular formula is C36H46N8O8S3. The molecule has 2 fully saturated rings. The van der Waals surface area contributed by atoms with E-state index < -0.39 is 68.3 Å². The number of nitrogens with two attached hydrogens (primary N) is 1. The number of sulfonamides is 2. The summed E-state index contributed by atoms with van der Waals surface area (Å²) in [4.78, 5) is 66.6. The summed E-state index contributed by atoms with van der Waals surface area (Å²) in [5.74, 6) is -3.79. The van der Waals surface area contributed by atoms with Crippen molar-refractivity contribution in [3.63, 3.8) is 0 Å². The third kappa shape index (κ3) is 10.3. The number of Topliss-reactive ketones (excluding diaryl/α,β-unsaturated/α-hetero) is 1. The third-order valence-electron chi connectivity index (χ3n) is 9.34. The summed E-state index contributed by atoms with van der Waals surface area (Å²) >= 11 is 0.982. The van der Waals surface area contributed by atoms with Crippen LogP contribution in [0.5, 0.6) is 0 Å². The molecule has 0 unspecified atom stereocenters. The number of aliphatic imine (C=N–C) groups is 1. The first-order valence-corrected chi connectivity index (χ1v) is 21.9. The van der Waals surface area contributed by atoms with E-state index in [0.29, 0.717) is 18.7 Å². The zero-order valence-electron chi connectivity index (χ0n) is 30.7. The number of benzene rings is 2. The van der Waals surface area contributed by atoms with Gasteiger partial charge in [0.15, 0.2) is 5.01 Å². The number of ketones is 1. The molecule has 3 aromatic rings. The number of aryl methyl sites for hydroxylation is 1. The molecule has 4 N–H and O–H groups in total. The molecule has 2 aromatic carbocycles. The SMILES string of the molecule is CCC[C@](N=C(N)NS(=O)(=O)c1ccc(C)cc1)(NC(=O)CN1CCN(S(=O)(=O)Cc2ccccc2)[C@H](CC(=O)N2CCCCC2)C1=O)C(=O)c1nccs1. The molecule has 16 nitrogen and oxygen atoms in total. The number of nitrogens with one attached hydrogen (secondary N) is 2. The lowest BCUT2D eigenvalue weighted by Gasteiger charge is -2.40. The van der Waals surface area contributed by atoms with E-state index in [9.17, 15) is 36.0 Å². The van der Waals surface area contributed by atoms with E-state index in [1.807, 2.05) is 0 Å². The summed E-state index contributed by atoms with van der Waals surface area (Å²) in [5.41, 5.74) is 5.33. The lowest BCUT2D eigenvalue weighted by atomic mass is 9.99. The largest absolute Gasteiger partial charge is 0.369 e. The lowest BCUT2D eigenvalue weighted by Crippen LogP contribution is -2.62. The molecule has 296 valence electrons. The van der Waals surface area contributed by atoms with E-state index in [4.69, 9.17) is 5.73 Å². The number of rotatable bonds is 15. The minimum atomic E-state index is -4.24. The van der Waals surface area contributed by atoms with Crippen molar-refractivity contribution in [1.82, 2.24) is 29.1 Å². The molecule has 2 saturated heterocycles. The number of hydrogen-bond donors (Lipinski definition) is 3. The number of guanidine groups is 1. The van der Waals surface area contributed by atoms with E-state index in [1.165, 1.54) is 18.3 Å². The summed E-state index contributed by atoms with van der Waals surface area (Å²) < 4.78 is 57.1. The van der Waals surface area contributed by atoms with Crippen LogP contribution in [0, 0.1) is 6.92 Å². The number of hydrogen-bond acceptors (Lipinski definition) is 11. The van der Waals surface area contributed by atoms with Crippen molar-refractivity contribution in [2.24, 2.45) is 10.7 Å². The molecule has 3 amide bonds. The molecule has 0 saturated carbocycles. The predicted octanol–water partition coefficient (Wildman–Crippen LogP) is 1.99. The third-order valence-corrected chi connectivity index (χ3v) is 13.3. The summed E-state index contributed by atoms with van der Waals surface area (Å²) in [5, 5.41) is 4.13. The molecule has 2 aliphatic rings. The molecule has 5 rings (SSSR count). The number of thiazole rings is 1. The van der Waals surface area contributed by atoms with Gasteiger partial charge in [0.05, 0.1) is 23.6 Å². The van der Waals surface area contributed by atoms with E-state index in [-0.39, 0.29) is 47.5 Å². The van der Waals surface area contributed by atoms with Gasteiger partial charge in [0.25, 0.3) is 10.0 Å². The van der Waals surface area contributed by atoms with Crippen LogP contribution in [0.2, 0.25) is 0 Å². The quantitative estimate of drug-likeness (QED) is 0.115. The van der Waals surface area contributed by atoms with Crippen LogP contribution in [0.15, 0.2) is 76.1 Å². The van der Waals surface area contributed by atoms with Gasteiger partial charge in [0.2, 0.25) is 45.2 Å². The minimum absolute atomic E-state index is 0.0312. The Morgan fingerprint density at radius 1 is 0.982 bits per heavy atom. The average molecular weight is 815 g/mol. The van der Waals surface area contributed by atoms with Crippen molar-refractivity contribution in [3.8, 4) is 0 Å². The van der Waals surface area contributed by atoms with Gasteiger partial charge >= 0.3 is 0 Å². The van der Waals surface area contributed by atoms with Gasteiger partial charge in [0.1, 0.15) is 6.04 Å². The first-order chi connectivity index (χ1) is 26.1. The Morgan fingerprint density at radius 3 is 2.31 bits per heavy atom. The summed E-state index contributed by atoms with van der Waals surface area (Å²) in [6.45, 7) is 3.53. The Hall–Kier alpha value is -4.72. The van der Waals surface area contributed by atoms with Crippen molar-refractivity contribution < 1.29 is 36.0 Å². The second-order valence-corrected chi connectivity index (χ2v) is 18.0. The van der Waals surface area contributed by atoms with Gasteiger partial charge < -0.3 is 20.9 Å². The number of amides is 3. The first-order valence-electron chi connectivity index (χ1n) is 17.9. The van der Waals surface area contributed by atoms with E-state index in [0.717, 1.165) is 45.4 Å². The van der Waals surface area contributed by atoms with Crippen molar-refractivity contribution in [2.75, 3.05) is 32.7 Å². The van der Waals surface area contributed by atoms with E-state index in [1.54, 1.807) is 66.6 Å². The van der Waals surface area contributed by atoms with Crippen molar-refractivity contribution >= 4 is 60.8 Å². The fraction of sp³-hybridized carbons (Fsp3) is 0.444. The zero-order chi connectivity index (χ0) is 39.8. The molecule has 2 atom stereocenters. The van der Waals surface area contributed by atoms with Crippen molar-refractivity contribution in [1.29, 1.82) is 0 Å². The first kappa shape index (κ1) is 41.4. The number of carbonyl (C=O) groups excluding carboxylic acids is 4. The van der Waals surface area contributed by atoms with E-state index >= 15 is 0 Å². The highest BCUT2D eigenvalue weighted by molar-refractivity contribution is 7.90. The van der Waals surface area contributed by atoms with Crippen molar-refractivity contribution in [3.05, 3.63) is 82.3 Å². The maximum atomic E-state index is 14.2. The molecule has 19 heteroatoms. The van der Waals surface area contributed by atoms with Crippen LogP contribution >= 0.6 is 11.3 Å². The molecule has 0 bridgehead atoms. The number of piperazine rings is 1. The van der Waals surface area contributed by atoms with Gasteiger partial charge in [-0.1, -0.05) is 61.4 Å². The predicted molar refractivity (Wildman–Crippen MR) is 207 cm³/mol. The van der Waals surface area contributed by atoms with Crippen LogP contribution in [0.1, 0.15) is 66.4 Å². The summed E-state index contributed by atoms with van der Waals surface area (Å²) in [6.07, 6.45) is 3.69. The molecule has 3 heterocycles. The molecule has 0 radical (unpaired) electrons. The van der Waals surface area contributed by atoms with Gasteiger partial charge in [0, 0.05) is 37.8 Å². The highest BCUT2D eigenvalue weighted by atomic mass is 32.2. The number of nitrogens with zero attached hydrogens (tertiary/aromatic N) is 5. The minimum Gasteiger partial charge on any atom is -0.369 e. The maximum absolute atomic E-state index is 14.2. The lowest BCUT2D eigenvalue weighted by molar-refractivity contribution is -0.146. The van der Waals surface area contributed by atoms with Crippen LogP contribution in [0.25, 0.3) is 0 Å². The highest BCUT2D eigenvalue weighted by Crippen LogP contribution is 2.26. The van der Waals surface area contributed by atoms with Crippen LogP contribution in [-0.2, 0) is 40.2 Å². The summed E-state index contributed by atoms with van der Waals surface area (Å²) in [6, 6.07) is 13.0. The van der Waals surface area contributed by atoms with Crippen LogP contribution in [0.4, 0.5) is 0 Å². The number of piperidine rings is 1. The second kappa shape index (κ2) is 17.8. The molecule has 1 aromatic heterocycles. The second-order valence-electron chi connectivity index (χ2n) is 13.5. The van der Waals surface area contributed by atoms with Gasteiger partial charge in [-0.2, -0.15) is 4.31 Å². The zero-order valence-corrected chi connectivity index (χ0v) is 33.2.